The number of carbonyl (C=O) groups excluding carboxylic acids is 2. The van der Waals surface area contributed by atoms with Crippen molar-refractivity contribution in [3.63, 3.8) is 0 Å². The maximum absolute atomic E-state index is 12.6. The highest BCUT2D eigenvalue weighted by Gasteiger charge is 2.47. The van der Waals surface area contributed by atoms with Gasteiger partial charge in [-0.05, 0) is 18.4 Å². The molecule has 2 fully saturated rings. The molecule has 2 aliphatic rings. The number of nitrogens with zero attached hydrogens (tertiary/aromatic N) is 2. The molecule has 2 amide bonds. The summed E-state index contributed by atoms with van der Waals surface area (Å²) in [5, 5.41) is 5.26. The molecular weight excluding hydrogens is 384 g/mol. The molecule has 2 aromatic rings. The summed E-state index contributed by atoms with van der Waals surface area (Å²) < 4.78 is 5.80. The zero-order valence-corrected chi connectivity index (χ0v) is 17.4. The van der Waals surface area contributed by atoms with E-state index < -0.39 is 5.60 Å². The number of likely N-dealkylation sites (tertiary alicyclic amines) is 1. The number of amides is 2. The first kappa shape index (κ1) is 20.3. The highest BCUT2D eigenvalue weighted by Crippen LogP contribution is 2.34. The number of ether oxygens (including phenoxy) is 1. The van der Waals surface area contributed by atoms with E-state index in [0.717, 1.165) is 0 Å². The van der Waals surface area contributed by atoms with Gasteiger partial charge in [-0.25, -0.2) is 4.79 Å². The molecule has 8 nitrogen and oxygen atoms in total. The summed E-state index contributed by atoms with van der Waals surface area (Å²) in [6.07, 6.45) is 1.04. The maximum Gasteiger partial charge on any atom is 0.410 e. The molecule has 0 bridgehead atoms. The van der Waals surface area contributed by atoms with Crippen LogP contribution in [0.3, 0.4) is 0 Å². The molecule has 1 spiro atoms. The molecule has 0 saturated carbocycles. The number of rotatable bonds is 5. The fourth-order valence-corrected chi connectivity index (χ4v) is 4.42. The summed E-state index contributed by atoms with van der Waals surface area (Å²) in [4.78, 5) is 40.5. The third-order valence-electron chi connectivity index (χ3n) is 6.35. The lowest BCUT2D eigenvalue weighted by Gasteiger charge is -2.37. The van der Waals surface area contributed by atoms with Gasteiger partial charge in [0, 0.05) is 43.7 Å². The molecule has 3 heterocycles. The summed E-state index contributed by atoms with van der Waals surface area (Å²) in [6, 6.07) is 10.1. The number of piperidine rings is 1. The molecule has 4 rings (SSSR count). The van der Waals surface area contributed by atoms with Crippen molar-refractivity contribution in [1.29, 1.82) is 0 Å². The molecule has 160 valence electrons. The van der Waals surface area contributed by atoms with Crippen LogP contribution in [0.1, 0.15) is 42.5 Å². The number of aromatic nitrogens is 2. The van der Waals surface area contributed by atoms with E-state index in [4.69, 9.17) is 4.74 Å². The molecule has 8 heteroatoms. The summed E-state index contributed by atoms with van der Waals surface area (Å²) in [6.45, 7) is 6.10. The van der Waals surface area contributed by atoms with E-state index in [2.05, 4.69) is 29.3 Å². The van der Waals surface area contributed by atoms with Crippen molar-refractivity contribution in [2.75, 3.05) is 26.2 Å². The third kappa shape index (κ3) is 3.99. The van der Waals surface area contributed by atoms with E-state index >= 15 is 0 Å². The Morgan fingerprint density at radius 3 is 2.50 bits per heavy atom. The third-order valence-corrected chi connectivity index (χ3v) is 6.35. The van der Waals surface area contributed by atoms with Crippen LogP contribution >= 0.6 is 0 Å². The van der Waals surface area contributed by atoms with Crippen molar-refractivity contribution in [2.24, 2.45) is 0 Å². The lowest BCUT2D eigenvalue weighted by molar-refractivity contribution is -0.133. The zero-order chi connectivity index (χ0) is 21.3. The molecule has 0 unspecified atom stereocenters. The Morgan fingerprint density at radius 2 is 1.87 bits per heavy atom. The smallest absolute Gasteiger partial charge is 0.410 e. The largest absolute Gasteiger partial charge is 0.441 e. The average Bonchev–Trinajstić information content (AvgIpc) is 3.22. The summed E-state index contributed by atoms with van der Waals surface area (Å²) in [5.74, 6) is 0.148. The zero-order valence-electron chi connectivity index (χ0n) is 17.4. The van der Waals surface area contributed by atoms with Crippen LogP contribution in [0.5, 0.6) is 0 Å². The maximum atomic E-state index is 12.6. The molecule has 2 saturated heterocycles. The molecule has 0 aliphatic carbocycles. The second kappa shape index (κ2) is 8.01. The fraction of sp³-hybridized carbons (Fsp3) is 0.500. The normalized spacial score (nSPS) is 19.2. The molecule has 1 aromatic carbocycles. The fourth-order valence-electron chi connectivity index (χ4n) is 4.42. The first-order chi connectivity index (χ1) is 14.4. The van der Waals surface area contributed by atoms with Gasteiger partial charge in [-0.1, -0.05) is 37.3 Å². The molecule has 2 aliphatic heterocycles. The van der Waals surface area contributed by atoms with Gasteiger partial charge in [-0.15, -0.1) is 0 Å². The second-order valence-electron chi connectivity index (χ2n) is 8.48. The van der Waals surface area contributed by atoms with Crippen molar-refractivity contribution in [1.82, 2.24) is 20.0 Å². The second-order valence-corrected chi connectivity index (χ2v) is 8.48. The van der Waals surface area contributed by atoms with Crippen molar-refractivity contribution < 1.29 is 14.3 Å². The minimum Gasteiger partial charge on any atom is -0.441 e. The molecule has 30 heavy (non-hydrogen) atoms. The van der Waals surface area contributed by atoms with Gasteiger partial charge in [0.25, 0.3) is 5.56 Å². The Balaban J connectivity index is 1.33. The van der Waals surface area contributed by atoms with Crippen molar-refractivity contribution in [3.05, 3.63) is 57.5 Å². The van der Waals surface area contributed by atoms with Crippen LogP contribution in [0.25, 0.3) is 0 Å². The minimum absolute atomic E-state index is 0.0723. The van der Waals surface area contributed by atoms with Crippen LogP contribution < -0.4 is 5.56 Å². The van der Waals surface area contributed by atoms with E-state index in [1.807, 2.05) is 18.2 Å². The number of aromatic amines is 2. The molecule has 1 aromatic heterocycles. The Kier molecular flexibility index (Phi) is 5.40. The predicted octanol–water partition coefficient (Wildman–Crippen LogP) is 2.17. The van der Waals surface area contributed by atoms with Gasteiger partial charge in [0.1, 0.15) is 5.60 Å². The highest BCUT2D eigenvalue weighted by atomic mass is 16.6. The standard InChI is InChI=1S/C22H28N4O4/c1-15(17-6-4-3-5-7-17)13-26-14-22(30-21(26)29)8-10-25(11-9-22)19(27)12-18-16(2)23-24-20(18)28/h3-7,15H,8-14H2,1-2H3,(H2,23,24,28)/t15-/m1/s1. The van der Waals surface area contributed by atoms with Crippen molar-refractivity contribution in [3.8, 4) is 0 Å². The molecule has 2 N–H and O–H groups in total. The van der Waals surface area contributed by atoms with Gasteiger partial charge in [-0.2, -0.15) is 0 Å². The Labute approximate surface area is 175 Å². The van der Waals surface area contributed by atoms with Gasteiger partial charge in [-0.3, -0.25) is 14.7 Å². The topological polar surface area (TPSA) is 98.5 Å². The Hall–Kier alpha value is -3.03. The summed E-state index contributed by atoms with van der Waals surface area (Å²) in [5.41, 5.74) is 1.60. The van der Waals surface area contributed by atoms with Crippen LogP contribution in [0.2, 0.25) is 0 Å². The van der Waals surface area contributed by atoms with Crippen LogP contribution in [0.15, 0.2) is 35.1 Å². The van der Waals surface area contributed by atoms with Crippen LogP contribution in [-0.2, 0) is 16.0 Å². The van der Waals surface area contributed by atoms with Crippen LogP contribution in [-0.4, -0.2) is 63.8 Å². The van der Waals surface area contributed by atoms with Gasteiger partial charge in [0.15, 0.2) is 0 Å². The molecule has 0 radical (unpaired) electrons. The van der Waals surface area contributed by atoms with Crippen molar-refractivity contribution >= 4 is 12.0 Å². The van der Waals surface area contributed by atoms with Crippen LogP contribution in [0.4, 0.5) is 4.79 Å². The van der Waals surface area contributed by atoms with Gasteiger partial charge >= 0.3 is 6.09 Å². The van der Waals surface area contributed by atoms with Gasteiger partial charge < -0.3 is 19.6 Å². The first-order valence-corrected chi connectivity index (χ1v) is 10.4. The first-order valence-electron chi connectivity index (χ1n) is 10.4. The lowest BCUT2D eigenvalue weighted by Crippen LogP contribution is -2.49. The monoisotopic (exact) mass is 412 g/mol. The predicted molar refractivity (Wildman–Crippen MR) is 111 cm³/mol. The number of nitrogens with one attached hydrogen (secondary N) is 2. The van der Waals surface area contributed by atoms with Gasteiger partial charge in [0.2, 0.25) is 5.91 Å². The number of hydrogen-bond donors (Lipinski definition) is 2. The van der Waals surface area contributed by atoms with Gasteiger partial charge in [0.05, 0.1) is 13.0 Å². The Bertz CT molecular complexity index is 973. The number of hydrogen-bond acceptors (Lipinski definition) is 4. The van der Waals surface area contributed by atoms with E-state index in [0.29, 0.717) is 50.3 Å². The molecular formula is C22H28N4O4. The number of aryl methyl sites for hydroxylation is 1. The Morgan fingerprint density at radius 1 is 1.17 bits per heavy atom. The van der Waals surface area contributed by atoms with E-state index in [1.54, 1.807) is 16.7 Å². The summed E-state index contributed by atoms with van der Waals surface area (Å²) >= 11 is 0. The summed E-state index contributed by atoms with van der Waals surface area (Å²) in [7, 11) is 0. The molecule has 1 atom stereocenters. The number of benzene rings is 1. The quantitative estimate of drug-likeness (QED) is 0.786. The lowest BCUT2D eigenvalue weighted by atomic mass is 9.90. The highest BCUT2D eigenvalue weighted by molar-refractivity contribution is 5.79. The van der Waals surface area contributed by atoms with E-state index in [9.17, 15) is 14.4 Å². The van der Waals surface area contributed by atoms with E-state index in [-0.39, 0.29) is 29.9 Å². The minimum atomic E-state index is -0.522. The average molecular weight is 412 g/mol. The van der Waals surface area contributed by atoms with E-state index in [1.165, 1.54) is 5.56 Å². The number of carbonyl (C=O) groups is 2. The number of H-pyrrole nitrogens is 2. The van der Waals surface area contributed by atoms with Crippen LogP contribution in [0, 0.1) is 6.92 Å². The SMILES string of the molecule is Cc1[nH][nH]c(=O)c1CC(=O)N1CCC2(CC1)CN(C[C@@H](C)c1ccccc1)C(=O)O2. The van der Waals surface area contributed by atoms with Crippen molar-refractivity contribution in [2.45, 2.75) is 44.6 Å².